The number of aromatic nitrogens is 4. The molecule has 26 heavy (non-hydrogen) atoms. The molecule has 7 heteroatoms. The number of nitrogens with zero attached hydrogens (tertiary/aromatic N) is 4. The van der Waals surface area contributed by atoms with Crippen LogP contribution < -0.4 is 10.9 Å². The molecule has 0 atom stereocenters. The van der Waals surface area contributed by atoms with Gasteiger partial charge in [0.2, 0.25) is 5.91 Å². The van der Waals surface area contributed by atoms with Crippen LogP contribution in [0.15, 0.2) is 41.5 Å². The van der Waals surface area contributed by atoms with E-state index in [9.17, 15) is 9.59 Å². The van der Waals surface area contributed by atoms with Crippen molar-refractivity contribution in [3.05, 3.63) is 58.3 Å². The van der Waals surface area contributed by atoms with Crippen LogP contribution >= 0.6 is 0 Å². The monoisotopic (exact) mass is 351 g/mol. The molecule has 1 aliphatic carbocycles. The number of carbonyl (C=O) groups excluding carboxylic acids is 1. The molecule has 0 spiro atoms. The van der Waals surface area contributed by atoms with E-state index in [-0.39, 0.29) is 18.0 Å². The van der Waals surface area contributed by atoms with Gasteiger partial charge < -0.3 is 9.88 Å². The summed E-state index contributed by atoms with van der Waals surface area (Å²) in [7, 11) is 0. The van der Waals surface area contributed by atoms with Gasteiger partial charge >= 0.3 is 0 Å². The summed E-state index contributed by atoms with van der Waals surface area (Å²) >= 11 is 0. The molecule has 1 N–H and O–H groups in total. The number of amides is 1. The maximum Gasteiger partial charge on any atom is 0.267 e. The number of benzene rings is 1. The Labute approximate surface area is 150 Å². The zero-order chi connectivity index (χ0) is 17.9. The van der Waals surface area contributed by atoms with Gasteiger partial charge in [-0.25, -0.2) is 9.67 Å². The summed E-state index contributed by atoms with van der Waals surface area (Å²) in [5.74, 6) is -0.112. The molecule has 0 unspecified atom stereocenters. The fourth-order valence-electron chi connectivity index (χ4n) is 3.41. The molecular weight excluding hydrogens is 330 g/mol. The van der Waals surface area contributed by atoms with Crippen molar-refractivity contribution in [1.82, 2.24) is 24.6 Å². The molecule has 134 valence electrons. The minimum absolute atomic E-state index is 0.0968. The summed E-state index contributed by atoms with van der Waals surface area (Å²) in [5.41, 5.74) is 3.79. The van der Waals surface area contributed by atoms with E-state index in [0.717, 1.165) is 48.0 Å². The summed E-state index contributed by atoms with van der Waals surface area (Å²) in [5, 5.41) is 7.32. The molecule has 2 heterocycles. The van der Waals surface area contributed by atoms with Crippen LogP contribution in [0.25, 0.3) is 11.0 Å². The highest BCUT2D eigenvalue weighted by Gasteiger charge is 2.13. The smallest absolute Gasteiger partial charge is 0.267 e. The molecule has 1 aliphatic rings. The van der Waals surface area contributed by atoms with E-state index in [4.69, 9.17) is 0 Å². The van der Waals surface area contributed by atoms with Crippen LogP contribution in [0.2, 0.25) is 0 Å². The van der Waals surface area contributed by atoms with Gasteiger partial charge in [0, 0.05) is 12.6 Å². The van der Waals surface area contributed by atoms with Gasteiger partial charge in [0.25, 0.3) is 5.56 Å². The summed E-state index contributed by atoms with van der Waals surface area (Å²) in [4.78, 5) is 28.6. The number of carbonyl (C=O) groups is 1. The number of para-hydroxylation sites is 2. The Hall–Kier alpha value is -2.96. The molecule has 0 saturated heterocycles. The Morgan fingerprint density at radius 3 is 2.96 bits per heavy atom. The number of hydrogen-bond acceptors (Lipinski definition) is 4. The lowest BCUT2D eigenvalue weighted by atomic mass is 9.97. The second-order valence-corrected chi connectivity index (χ2v) is 6.60. The van der Waals surface area contributed by atoms with Crippen molar-refractivity contribution < 1.29 is 4.79 Å². The zero-order valence-corrected chi connectivity index (χ0v) is 14.5. The first-order chi connectivity index (χ1) is 12.7. The van der Waals surface area contributed by atoms with Crippen molar-refractivity contribution in [3.8, 4) is 0 Å². The number of aryl methyl sites for hydroxylation is 2. The molecule has 1 amide bonds. The van der Waals surface area contributed by atoms with Crippen LogP contribution in [0, 0.1) is 0 Å². The van der Waals surface area contributed by atoms with Crippen LogP contribution in [0.4, 0.5) is 0 Å². The summed E-state index contributed by atoms with van der Waals surface area (Å²) in [6.07, 6.45) is 5.77. The van der Waals surface area contributed by atoms with E-state index in [2.05, 4.69) is 15.4 Å². The van der Waals surface area contributed by atoms with E-state index < -0.39 is 0 Å². The molecule has 3 aromatic rings. The third-order valence-corrected chi connectivity index (χ3v) is 4.76. The Bertz CT molecular complexity index is 1000. The summed E-state index contributed by atoms with van der Waals surface area (Å²) in [6.45, 7) is 0.951. The average Bonchev–Trinajstić information content (AvgIpc) is 3.05. The minimum Gasteiger partial charge on any atom is -0.353 e. The third-order valence-electron chi connectivity index (χ3n) is 4.76. The second-order valence-electron chi connectivity index (χ2n) is 6.60. The zero-order valence-electron chi connectivity index (χ0n) is 14.5. The molecule has 0 aliphatic heterocycles. The van der Waals surface area contributed by atoms with Gasteiger partial charge in [0.15, 0.2) is 0 Å². The first kappa shape index (κ1) is 16.5. The van der Waals surface area contributed by atoms with E-state index in [1.54, 1.807) is 12.4 Å². The number of hydrogen-bond donors (Lipinski definition) is 1. The quantitative estimate of drug-likeness (QED) is 0.751. The number of imidazole rings is 1. The average molecular weight is 351 g/mol. The van der Waals surface area contributed by atoms with E-state index in [1.807, 2.05) is 28.8 Å². The van der Waals surface area contributed by atoms with E-state index in [0.29, 0.717) is 13.1 Å². The van der Waals surface area contributed by atoms with Crippen molar-refractivity contribution in [1.29, 1.82) is 0 Å². The van der Waals surface area contributed by atoms with Crippen LogP contribution in [0.3, 0.4) is 0 Å². The van der Waals surface area contributed by atoms with Gasteiger partial charge in [-0.05, 0) is 43.4 Å². The second kappa shape index (κ2) is 7.11. The Morgan fingerprint density at radius 1 is 1.19 bits per heavy atom. The van der Waals surface area contributed by atoms with Gasteiger partial charge in [-0.3, -0.25) is 9.59 Å². The number of fused-ring (bicyclic) bond motifs is 2. The molecular formula is C19H21N5O2. The highest BCUT2D eigenvalue weighted by Crippen LogP contribution is 2.16. The summed E-state index contributed by atoms with van der Waals surface area (Å²) < 4.78 is 3.27. The molecule has 2 aromatic heterocycles. The standard InChI is InChI=1S/C19H21N5O2/c25-18(12-23-13-21-16-7-3-4-8-17(16)23)20-9-10-24-19(26)11-14-5-1-2-6-15(14)22-24/h3-4,7-8,11,13H,1-2,5-6,9-10,12H2,(H,20,25). The maximum absolute atomic E-state index is 12.2. The number of nitrogens with one attached hydrogen (secondary N) is 1. The van der Waals surface area contributed by atoms with Crippen LogP contribution in [-0.4, -0.2) is 31.8 Å². The molecule has 0 saturated carbocycles. The minimum atomic E-state index is -0.112. The lowest BCUT2D eigenvalue weighted by Crippen LogP contribution is -2.34. The topological polar surface area (TPSA) is 81.8 Å². The van der Waals surface area contributed by atoms with Crippen molar-refractivity contribution in [2.24, 2.45) is 0 Å². The maximum atomic E-state index is 12.2. The van der Waals surface area contributed by atoms with Crippen molar-refractivity contribution in [2.75, 3.05) is 6.54 Å². The van der Waals surface area contributed by atoms with Crippen molar-refractivity contribution in [3.63, 3.8) is 0 Å². The lowest BCUT2D eigenvalue weighted by molar-refractivity contribution is -0.121. The Morgan fingerprint density at radius 2 is 2.04 bits per heavy atom. The number of rotatable bonds is 5. The highest BCUT2D eigenvalue weighted by atomic mass is 16.2. The van der Waals surface area contributed by atoms with Crippen LogP contribution in [-0.2, 0) is 30.7 Å². The summed E-state index contributed by atoms with van der Waals surface area (Å²) in [6, 6.07) is 9.39. The Balaban J connectivity index is 1.36. The SMILES string of the molecule is O=C(Cn1cnc2ccccc21)NCCn1nc2c(cc1=O)CCCC2. The highest BCUT2D eigenvalue weighted by molar-refractivity contribution is 5.80. The van der Waals surface area contributed by atoms with Crippen molar-refractivity contribution in [2.45, 2.75) is 38.8 Å². The van der Waals surface area contributed by atoms with Gasteiger partial charge in [0.05, 0.1) is 29.6 Å². The fraction of sp³-hybridized carbons (Fsp3) is 0.368. The van der Waals surface area contributed by atoms with Gasteiger partial charge in [-0.2, -0.15) is 5.10 Å². The third kappa shape index (κ3) is 3.37. The molecule has 4 rings (SSSR count). The first-order valence-electron chi connectivity index (χ1n) is 8.97. The largest absolute Gasteiger partial charge is 0.353 e. The predicted molar refractivity (Wildman–Crippen MR) is 97.9 cm³/mol. The lowest BCUT2D eigenvalue weighted by Gasteiger charge is -2.16. The predicted octanol–water partition coefficient (Wildman–Crippen LogP) is 1.29. The molecule has 1 aromatic carbocycles. The van der Waals surface area contributed by atoms with Crippen molar-refractivity contribution >= 4 is 16.9 Å². The van der Waals surface area contributed by atoms with Gasteiger partial charge in [0.1, 0.15) is 6.54 Å². The molecule has 7 nitrogen and oxygen atoms in total. The van der Waals surface area contributed by atoms with Crippen LogP contribution in [0.5, 0.6) is 0 Å². The first-order valence-corrected chi connectivity index (χ1v) is 8.97. The normalized spacial score (nSPS) is 13.5. The fourth-order valence-corrected chi connectivity index (χ4v) is 3.41. The van der Waals surface area contributed by atoms with Gasteiger partial charge in [-0.15, -0.1) is 0 Å². The van der Waals surface area contributed by atoms with Crippen LogP contribution in [0.1, 0.15) is 24.1 Å². The van der Waals surface area contributed by atoms with E-state index in [1.165, 1.54) is 4.68 Å². The van der Waals surface area contributed by atoms with Gasteiger partial charge in [-0.1, -0.05) is 12.1 Å². The van der Waals surface area contributed by atoms with E-state index >= 15 is 0 Å². The molecule has 0 radical (unpaired) electrons. The Kier molecular flexibility index (Phi) is 4.51. The molecule has 0 bridgehead atoms. The molecule has 0 fully saturated rings.